The largest absolute Gasteiger partial charge is 0.469 e. The van der Waals surface area contributed by atoms with Crippen molar-refractivity contribution in [3.8, 4) is 0 Å². The molecule has 1 saturated carbocycles. The summed E-state index contributed by atoms with van der Waals surface area (Å²) in [5.41, 5.74) is 4.19. The number of benzene rings is 2. The van der Waals surface area contributed by atoms with Crippen LogP contribution in [0, 0.1) is 18.8 Å². The highest BCUT2D eigenvalue weighted by Gasteiger charge is 2.18. The van der Waals surface area contributed by atoms with E-state index in [1.165, 1.54) is 24.6 Å². The fourth-order valence-electron chi connectivity index (χ4n) is 3.56. The van der Waals surface area contributed by atoms with E-state index in [9.17, 15) is 9.59 Å². The van der Waals surface area contributed by atoms with Gasteiger partial charge in [0.2, 0.25) is 5.62 Å². The number of methoxy groups -OCH3 is 1. The SMILES string of the molecule is COC(=O)[C@@H](C)Cn1[nH]/c(=N\c2ccc(/C=C/C3CC3)cc2)n(Cc2ccc(C)cc2)c1=O. The predicted octanol–water partition coefficient (Wildman–Crippen LogP) is 3.80. The van der Waals surface area contributed by atoms with Crippen molar-refractivity contribution in [1.82, 2.24) is 14.3 Å². The van der Waals surface area contributed by atoms with Crippen LogP contribution in [-0.2, 0) is 22.6 Å². The Labute approximate surface area is 193 Å². The number of esters is 1. The van der Waals surface area contributed by atoms with Crippen LogP contribution in [0.2, 0.25) is 0 Å². The first kappa shape index (κ1) is 22.6. The minimum atomic E-state index is -0.468. The number of aromatic nitrogens is 3. The van der Waals surface area contributed by atoms with Crippen molar-refractivity contribution in [3.05, 3.63) is 87.4 Å². The van der Waals surface area contributed by atoms with Crippen molar-refractivity contribution in [2.75, 3.05) is 7.11 Å². The third-order valence-corrected chi connectivity index (χ3v) is 5.78. The summed E-state index contributed by atoms with van der Waals surface area (Å²) in [6.45, 7) is 4.31. The summed E-state index contributed by atoms with van der Waals surface area (Å²) in [6, 6.07) is 16.0. The standard InChI is InChI=1S/C26H30N4O3/c1-18-4-6-22(7-5-18)17-29-25(28-30(26(29)32)16-19(2)24(31)33-3)27-23-14-12-21(13-15-23)11-10-20-8-9-20/h4-7,10-15,19-20H,8-9,16-17H2,1-3H3,(H,27,28)/b11-10+/t19-/m0/s1. The van der Waals surface area contributed by atoms with Gasteiger partial charge in [0.1, 0.15) is 0 Å². The average Bonchev–Trinajstić information content (AvgIpc) is 3.61. The summed E-state index contributed by atoms with van der Waals surface area (Å²) >= 11 is 0. The maximum Gasteiger partial charge on any atom is 0.345 e. The number of carbonyl (C=O) groups excluding carboxylic acids is 1. The Morgan fingerprint density at radius 1 is 1.18 bits per heavy atom. The normalized spacial score (nSPS) is 15.2. The molecule has 1 atom stereocenters. The number of aryl methyl sites for hydroxylation is 1. The van der Waals surface area contributed by atoms with Gasteiger partial charge < -0.3 is 4.74 Å². The van der Waals surface area contributed by atoms with Crippen molar-refractivity contribution in [3.63, 3.8) is 0 Å². The minimum Gasteiger partial charge on any atom is -0.469 e. The Balaban J connectivity index is 1.68. The predicted molar refractivity (Wildman–Crippen MR) is 128 cm³/mol. The summed E-state index contributed by atoms with van der Waals surface area (Å²) in [5, 5.41) is 3.08. The van der Waals surface area contributed by atoms with E-state index in [2.05, 4.69) is 17.3 Å². The van der Waals surface area contributed by atoms with Gasteiger partial charge in [0.15, 0.2) is 0 Å². The van der Waals surface area contributed by atoms with Crippen LogP contribution in [0.4, 0.5) is 5.69 Å². The molecular formula is C26H30N4O3. The summed E-state index contributed by atoms with van der Waals surface area (Å²) in [6.07, 6.45) is 6.96. The monoisotopic (exact) mass is 446 g/mol. The Bertz CT molecular complexity index is 1260. The number of carbonyl (C=O) groups is 1. The minimum absolute atomic E-state index is 0.180. The Morgan fingerprint density at radius 2 is 1.88 bits per heavy atom. The Kier molecular flexibility index (Phi) is 6.77. The molecule has 2 aromatic carbocycles. The number of hydrogen-bond acceptors (Lipinski definition) is 4. The lowest BCUT2D eigenvalue weighted by Crippen LogP contribution is -2.31. The number of aromatic amines is 1. The quantitative estimate of drug-likeness (QED) is 0.535. The van der Waals surface area contributed by atoms with Gasteiger partial charge in [-0.15, -0.1) is 0 Å². The Morgan fingerprint density at radius 3 is 2.52 bits per heavy atom. The van der Waals surface area contributed by atoms with Gasteiger partial charge in [-0.05, 0) is 48.9 Å². The van der Waals surface area contributed by atoms with Crippen LogP contribution in [-0.4, -0.2) is 27.4 Å². The highest BCUT2D eigenvalue weighted by molar-refractivity contribution is 5.71. The zero-order valence-electron chi connectivity index (χ0n) is 19.3. The molecule has 1 aromatic heterocycles. The van der Waals surface area contributed by atoms with E-state index in [0.29, 0.717) is 12.2 Å². The molecule has 33 heavy (non-hydrogen) atoms. The lowest BCUT2D eigenvalue weighted by molar-refractivity contribution is -0.145. The summed E-state index contributed by atoms with van der Waals surface area (Å²) in [7, 11) is 1.35. The molecule has 1 aliphatic carbocycles. The molecule has 1 aliphatic rings. The average molecular weight is 447 g/mol. The molecule has 172 valence electrons. The number of nitrogens with one attached hydrogen (secondary N) is 1. The van der Waals surface area contributed by atoms with Gasteiger partial charge >= 0.3 is 11.7 Å². The molecule has 1 fully saturated rings. The molecule has 0 saturated heterocycles. The van der Waals surface area contributed by atoms with E-state index in [1.807, 2.05) is 55.5 Å². The van der Waals surface area contributed by atoms with Crippen molar-refractivity contribution in [2.24, 2.45) is 16.8 Å². The van der Waals surface area contributed by atoms with Gasteiger partial charge in [-0.3, -0.25) is 14.5 Å². The summed E-state index contributed by atoms with van der Waals surface area (Å²) < 4.78 is 7.82. The fraction of sp³-hybridized carbons (Fsp3) is 0.346. The number of rotatable bonds is 8. The van der Waals surface area contributed by atoms with E-state index in [0.717, 1.165) is 28.3 Å². The maximum atomic E-state index is 13.2. The van der Waals surface area contributed by atoms with Crippen LogP contribution < -0.4 is 11.3 Å². The summed E-state index contributed by atoms with van der Waals surface area (Å²) in [4.78, 5) is 29.8. The van der Waals surface area contributed by atoms with Gasteiger partial charge in [-0.2, -0.15) is 0 Å². The topological polar surface area (TPSA) is 81.4 Å². The van der Waals surface area contributed by atoms with Gasteiger partial charge in [0.05, 0.1) is 31.8 Å². The smallest absolute Gasteiger partial charge is 0.345 e. The fourth-order valence-corrected chi connectivity index (χ4v) is 3.56. The highest BCUT2D eigenvalue weighted by Crippen LogP contribution is 2.30. The zero-order valence-corrected chi connectivity index (χ0v) is 19.3. The van der Waals surface area contributed by atoms with E-state index in [-0.39, 0.29) is 18.2 Å². The number of ether oxygens (including phenoxy) is 1. The third kappa shape index (κ3) is 5.80. The molecule has 0 unspecified atom stereocenters. The number of hydrogen-bond donors (Lipinski definition) is 1. The molecule has 0 amide bonds. The van der Waals surface area contributed by atoms with E-state index >= 15 is 0 Å². The molecule has 1 heterocycles. The first-order valence-electron chi connectivity index (χ1n) is 11.3. The zero-order chi connectivity index (χ0) is 23.4. The second kappa shape index (κ2) is 9.90. The van der Waals surface area contributed by atoms with Crippen molar-refractivity contribution in [1.29, 1.82) is 0 Å². The molecule has 0 bridgehead atoms. The molecule has 4 rings (SSSR count). The van der Waals surface area contributed by atoms with Gasteiger partial charge in [-0.25, -0.2) is 14.5 Å². The molecule has 1 N–H and O–H groups in total. The second-order valence-electron chi connectivity index (χ2n) is 8.72. The molecular weight excluding hydrogens is 416 g/mol. The van der Waals surface area contributed by atoms with Crippen molar-refractivity contribution < 1.29 is 9.53 Å². The highest BCUT2D eigenvalue weighted by atomic mass is 16.5. The molecule has 0 aliphatic heterocycles. The maximum absolute atomic E-state index is 13.2. The molecule has 0 spiro atoms. The number of H-pyrrole nitrogens is 1. The molecule has 3 aromatic rings. The van der Waals surface area contributed by atoms with E-state index in [1.54, 1.807) is 11.5 Å². The van der Waals surface area contributed by atoms with Crippen LogP contribution >= 0.6 is 0 Å². The van der Waals surface area contributed by atoms with Crippen LogP contribution in [0.5, 0.6) is 0 Å². The molecule has 0 radical (unpaired) electrons. The molecule has 7 heteroatoms. The van der Waals surface area contributed by atoms with Crippen LogP contribution in [0.15, 0.2) is 64.4 Å². The van der Waals surface area contributed by atoms with Gasteiger partial charge in [0.25, 0.3) is 0 Å². The van der Waals surface area contributed by atoms with Gasteiger partial charge in [-0.1, -0.05) is 61.0 Å². The van der Waals surface area contributed by atoms with Gasteiger partial charge in [0, 0.05) is 0 Å². The number of allylic oxidation sites excluding steroid dienone is 1. The van der Waals surface area contributed by atoms with Crippen LogP contribution in [0.1, 0.15) is 36.5 Å². The van der Waals surface area contributed by atoms with E-state index < -0.39 is 5.92 Å². The van der Waals surface area contributed by atoms with Crippen LogP contribution in [0.3, 0.4) is 0 Å². The van der Waals surface area contributed by atoms with Crippen LogP contribution in [0.25, 0.3) is 6.08 Å². The van der Waals surface area contributed by atoms with Crippen molar-refractivity contribution >= 4 is 17.7 Å². The Hall–Kier alpha value is -3.61. The molecule has 7 nitrogen and oxygen atoms in total. The second-order valence-corrected chi connectivity index (χ2v) is 8.72. The summed E-state index contributed by atoms with van der Waals surface area (Å²) in [5.74, 6) is -0.105. The van der Waals surface area contributed by atoms with Crippen molar-refractivity contribution in [2.45, 2.75) is 39.8 Å². The number of nitrogens with zero attached hydrogens (tertiary/aromatic N) is 3. The lowest BCUT2D eigenvalue weighted by atomic mass is 10.1. The first-order valence-corrected chi connectivity index (χ1v) is 11.3. The van der Waals surface area contributed by atoms with E-state index in [4.69, 9.17) is 9.73 Å². The third-order valence-electron chi connectivity index (χ3n) is 5.78. The first-order chi connectivity index (χ1) is 15.9. The lowest BCUT2D eigenvalue weighted by Gasteiger charge is -2.08.